The smallest absolute Gasteiger partial charge is 0.173 e. The van der Waals surface area contributed by atoms with Crippen molar-refractivity contribution in [2.75, 3.05) is 0 Å². The molecule has 0 heterocycles. The van der Waals surface area contributed by atoms with E-state index in [1.54, 1.807) is 0 Å². The first kappa shape index (κ1) is 56.2. The van der Waals surface area contributed by atoms with Gasteiger partial charge in [-0.25, -0.2) is 0 Å². The molecule has 6 atom stereocenters. The molecule has 0 saturated carbocycles. The molecule has 0 aliphatic heterocycles. The molecule has 0 aromatic carbocycles. The zero-order valence-electron chi connectivity index (χ0n) is 40.7. The standard InChI is InChI=1S/C56H102Br2O2/c1-5-9-13-17-21-25-27-31-35-39-43-47(41-37-33-29-23-19-15-11-7-3)45-49-51-52(56(60)53(49)57)50(54(58)55(51)59)46-48(42-38-34-30-24-20-16-12-8-4)44-40-36-32-28-26-22-18-14-10-6-2/h47-50,53-54H,5-46H2,1-4H3. The Morgan fingerprint density at radius 1 is 0.317 bits per heavy atom. The first-order chi connectivity index (χ1) is 29.4. The van der Waals surface area contributed by atoms with E-state index < -0.39 is 0 Å². The molecule has 0 aromatic rings. The first-order valence-corrected chi connectivity index (χ1v) is 29.3. The van der Waals surface area contributed by atoms with Crippen LogP contribution >= 0.6 is 31.9 Å². The summed E-state index contributed by atoms with van der Waals surface area (Å²) < 4.78 is 0. The van der Waals surface area contributed by atoms with Crippen molar-refractivity contribution >= 4 is 43.4 Å². The number of unbranched alkanes of at least 4 members (excludes halogenated alkanes) is 32. The Kier molecular flexibility index (Phi) is 35.9. The van der Waals surface area contributed by atoms with Gasteiger partial charge in [-0.2, -0.15) is 0 Å². The molecular weight excluding hydrogens is 864 g/mol. The summed E-state index contributed by atoms with van der Waals surface area (Å²) in [5.74, 6) is 1.83. The fourth-order valence-electron chi connectivity index (χ4n) is 10.9. The highest BCUT2D eigenvalue weighted by Gasteiger charge is 2.54. The molecule has 2 rings (SSSR count). The van der Waals surface area contributed by atoms with Crippen molar-refractivity contribution in [1.29, 1.82) is 0 Å². The SMILES string of the molecule is CCCCCCCCCCCCC(CCCCCCCCCC)CC1C2=C(C(=O)C1Br)C(CC(CCCCCCCCCC)CCCCCCCCCCCC)C(Br)C2=O. The summed E-state index contributed by atoms with van der Waals surface area (Å²) in [7, 11) is 0. The summed E-state index contributed by atoms with van der Waals surface area (Å²) in [6.07, 6.45) is 56.2. The van der Waals surface area contributed by atoms with Gasteiger partial charge in [0.15, 0.2) is 11.6 Å². The fraction of sp³-hybridized carbons (Fsp3) is 0.929. The highest BCUT2D eigenvalue weighted by molar-refractivity contribution is 9.10. The van der Waals surface area contributed by atoms with Gasteiger partial charge < -0.3 is 0 Å². The molecule has 0 aromatic heterocycles. The van der Waals surface area contributed by atoms with Crippen LogP contribution in [0.4, 0.5) is 0 Å². The van der Waals surface area contributed by atoms with Crippen molar-refractivity contribution in [2.45, 2.75) is 307 Å². The van der Waals surface area contributed by atoms with Gasteiger partial charge in [0.05, 0.1) is 9.65 Å². The molecule has 2 aliphatic carbocycles. The van der Waals surface area contributed by atoms with E-state index in [2.05, 4.69) is 59.6 Å². The van der Waals surface area contributed by atoms with Crippen molar-refractivity contribution in [3.8, 4) is 0 Å². The Morgan fingerprint density at radius 3 is 0.700 bits per heavy atom. The summed E-state index contributed by atoms with van der Waals surface area (Å²) in [6.45, 7) is 9.21. The topological polar surface area (TPSA) is 34.1 Å². The Morgan fingerprint density at radius 2 is 0.500 bits per heavy atom. The number of halogens is 2. The van der Waals surface area contributed by atoms with Gasteiger partial charge in [0.2, 0.25) is 0 Å². The number of carbonyl (C=O) groups excluding carboxylic acids is 2. The minimum Gasteiger partial charge on any atom is -0.293 e. The largest absolute Gasteiger partial charge is 0.293 e. The Balaban J connectivity index is 2.05. The third kappa shape index (κ3) is 24.4. The van der Waals surface area contributed by atoms with Crippen molar-refractivity contribution < 1.29 is 9.59 Å². The molecule has 60 heavy (non-hydrogen) atoms. The lowest BCUT2D eigenvalue weighted by Crippen LogP contribution is -2.31. The molecule has 352 valence electrons. The molecule has 0 fully saturated rings. The van der Waals surface area contributed by atoms with E-state index in [1.165, 1.54) is 257 Å². The number of ketones is 2. The highest BCUT2D eigenvalue weighted by atomic mass is 79.9. The number of rotatable bonds is 44. The van der Waals surface area contributed by atoms with Crippen LogP contribution in [0.1, 0.15) is 297 Å². The zero-order chi connectivity index (χ0) is 43.5. The van der Waals surface area contributed by atoms with Crippen LogP contribution in [0.2, 0.25) is 0 Å². The van der Waals surface area contributed by atoms with E-state index >= 15 is 0 Å². The summed E-state index contributed by atoms with van der Waals surface area (Å²) in [5, 5.41) is 0. The minimum absolute atomic E-state index is 0.0559. The highest BCUT2D eigenvalue weighted by Crippen LogP contribution is 2.51. The molecule has 0 radical (unpaired) electrons. The summed E-state index contributed by atoms with van der Waals surface area (Å²) in [5.41, 5.74) is 1.89. The van der Waals surface area contributed by atoms with Crippen LogP contribution < -0.4 is 0 Å². The molecule has 6 unspecified atom stereocenters. The van der Waals surface area contributed by atoms with Gasteiger partial charge in [-0.3, -0.25) is 9.59 Å². The lowest BCUT2D eigenvalue weighted by atomic mass is 9.81. The number of carbonyl (C=O) groups is 2. The fourth-order valence-corrected chi connectivity index (χ4v) is 12.4. The predicted molar refractivity (Wildman–Crippen MR) is 273 cm³/mol. The van der Waals surface area contributed by atoms with Crippen LogP contribution in [0.5, 0.6) is 0 Å². The lowest BCUT2D eigenvalue weighted by Gasteiger charge is -2.26. The van der Waals surface area contributed by atoms with Crippen LogP contribution in [-0.2, 0) is 9.59 Å². The van der Waals surface area contributed by atoms with Crippen molar-refractivity contribution in [2.24, 2.45) is 23.7 Å². The molecule has 0 N–H and O–H groups in total. The van der Waals surface area contributed by atoms with Crippen LogP contribution in [0, 0.1) is 23.7 Å². The van der Waals surface area contributed by atoms with E-state index in [-0.39, 0.29) is 33.1 Å². The van der Waals surface area contributed by atoms with Crippen molar-refractivity contribution in [1.82, 2.24) is 0 Å². The molecule has 2 nitrogen and oxygen atoms in total. The van der Waals surface area contributed by atoms with Crippen molar-refractivity contribution in [3.05, 3.63) is 11.1 Å². The average molecular weight is 967 g/mol. The monoisotopic (exact) mass is 965 g/mol. The molecule has 0 bridgehead atoms. The second-order valence-corrected chi connectivity index (χ2v) is 22.2. The third-order valence-electron chi connectivity index (χ3n) is 14.8. The van der Waals surface area contributed by atoms with Gasteiger partial charge in [-0.05, 0) is 24.7 Å². The van der Waals surface area contributed by atoms with E-state index in [4.69, 9.17) is 0 Å². The second-order valence-electron chi connectivity index (χ2n) is 20.2. The number of Topliss-reactive ketones (excluding diaryl/α,β-unsaturated/α-hetero) is 2. The quantitative estimate of drug-likeness (QED) is 0.0450. The molecule has 4 heteroatoms. The number of hydrogen-bond acceptors (Lipinski definition) is 2. The van der Waals surface area contributed by atoms with Crippen LogP contribution in [0.3, 0.4) is 0 Å². The lowest BCUT2D eigenvalue weighted by molar-refractivity contribution is -0.116. The van der Waals surface area contributed by atoms with E-state index in [0.29, 0.717) is 11.8 Å². The van der Waals surface area contributed by atoms with Crippen LogP contribution in [-0.4, -0.2) is 21.2 Å². The van der Waals surface area contributed by atoms with Gasteiger partial charge >= 0.3 is 0 Å². The predicted octanol–water partition coefficient (Wildman–Crippen LogP) is 19.9. The Bertz CT molecular complexity index is 985. The van der Waals surface area contributed by atoms with Crippen LogP contribution in [0.25, 0.3) is 0 Å². The maximum absolute atomic E-state index is 14.3. The maximum Gasteiger partial charge on any atom is 0.173 e. The number of hydrogen-bond donors (Lipinski definition) is 0. The Hall–Kier alpha value is 0.0400. The molecule has 2 aliphatic rings. The third-order valence-corrected chi connectivity index (χ3v) is 16.9. The molecule has 0 amide bonds. The average Bonchev–Trinajstić information content (AvgIpc) is 3.63. The Labute approximate surface area is 392 Å². The van der Waals surface area contributed by atoms with Gasteiger partial charge in [-0.1, -0.05) is 316 Å². The second kappa shape index (κ2) is 38.3. The zero-order valence-corrected chi connectivity index (χ0v) is 43.9. The van der Waals surface area contributed by atoms with E-state index in [1.807, 2.05) is 0 Å². The maximum atomic E-state index is 14.3. The normalized spacial score (nSPS) is 20.2. The van der Waals surface area contributed by atoms with E-state index in [9.17, 15) is 9.59 Å². The number of allylic oxidation sites excluding steroid dienone is 2. The minimum atomic E-state index is -0.212. The summed E-state index contributed by atoms with van der Waals surface area (Å²) in [6, 6.07) is 0. The van der Waals surface area contributed by atoms with E-state index in [0.717, 1.165) is 24.0 Å². The van der Waals surface area contributed by atoms with Gasteiger partial charge in [0.25, 0.3) is 0 Å². The first-order valence-electron chi connectivity index (χ1n) is 27.5. The van der Waals surface area contributed by atoms with Gasteiger partial charge in [0, 0.05) is 23.0 Å². The summed E-state index contributed by atoms with van der Waals surface area (Å²) >= 11 is 7.93. The molecule has 0 saturated heterocycles. The molecule has 0 spiro atoms. The van der Waals surface area contributed by atoms with Gasteiger partial charge in [-0.15, -0.1) is 0 Å². The van der Waals surface area contributed by atoms with Gasteiger partial charge in [0.1, 0.15) is 0 Å². The summed E-state index contributed by atoms with van der Waals surface area (Å²) in [4.78, 5) is 28.1. The molecular formula is C56H102Br2O2. The van der Waals surface area contributed by atoms with Crippen LogP contribution in [0.15, 0.2) is 11.1 Å². The van der Waals surface area contributed by atoms with Crippen molar-refractivity contribution in [3.63, 3.8) is 0 Å². The number of alkyl halides is 2.